The number of ether oxygens (including phenoxy) is 2. The Labute approximate surface area is 129 Å². The molecule has 0 saturated carbocycles. The van der Waals surface area contributed by atoms with Crippen LogP contribution in [0, 0.1) is 0 Å². The molecule has 1 atom stereocenters. The molecule has 0 spiro atoms. The maximum absolute atomic E-state index is 8.98. The Balaban J connectivity index is 1.74. The average Bonchev–Trinajstić information content (AvgIpc) is 2.56. The number of hydrogen-bond acceptors (Lipinski definition) is 3. The number of benzene rings is 3. The Kier molecular flexibility index (Phi) is 4.26. The number of rotatable bonds is 5. The van der Waals surface area contributed by atoms with Crippen LogP contribution in [0.5, 0.6) is 17.2 Å². The van der Waals surface area contributed by atoms with E-state index in [1.807, 2.05) is 61.5 Å². The molecule has 0 aliphatic rings. The van der Waals surface area contributed by atoms with Crippen LogP contribution >= 0.6 is 0 Å². The monoisotopic (exact) mass is 294 g/mol. The van der Waals surface area contributed by atoms with Crippen molar-refractivity contribution in [2.75, 3.05) is 6.61 Å². The minimum absolute atomic E-state index is 0.00462. The van der Waals surface area contributed by atoms with E-state index in [1.54, 1.807) is 0 Å². The Bertz CT molecular complexity index is 750. The average molecular weight is 294 g/mol. The second-order valence-corrected chi connectivity index (χ2v) is 5.19. The summed E-state index contributed by atoms with van der Waals surface area (Å²) in [4.78, 5) is 0. The van der Waals surface area contributed by atoms with Crippen LogP contribution in [0.3, 0.4) is 0 Å². The predicted octanol–water partition coefficient (Wildman–Crippen LogP) is 4.39. The predicted molar refractivity (Wildman–Crippen MR) is 87.6 cm³/mol. The van der Waals surface area contributed by atoms with Crippen molar-refractivity contribution in [3.05, 3.63) is 66.7 Å². The van der Waals surface area contributed by atoms with Gasteiger partial charge in [0.1, 0.15) is 23.4 Å². The first-order chi connectivity index (χ1) is 10.7. The SMILES string of the molecule is CC(CO)Oc1ccc(Oc2ccc3ccccc3c2)cc1. The third-order valence-electron chi connectivity index (χ3n) is 3.37. The van der Waals surface area contributed by atoms with Crippen LogP contribution in [0.1, 0.15) is 6.92 Å². The molecule has 112 valence electrons. The molecule has 0 bridgehead atoms. The van der Waals surface area contributed by atoms with E-state index in [1.165, 1.54) is 5.39 Å². The lowest BCUT2D eigenvalue weighted by Crippen LogP contribution is -2.15. The van der Waals surface area contributed by atoms with E-state index in [2.05, 4.69) is 12.1 Å². The Morgan fingerprint density at radius 1 is 0.818 bits per heavy atom. The van der Waals surface area contributed by atoms with Gasteiger partial charge in [-0.2, -0.15) is 0 Å². The highest BCUT2D eigenvalue weighted by molar-refractivity contribution is 5.83. The fraction of sp³-hybridized carbons (Fsp3) is 0.158. The van der Waals surface area contributed by atoms with Crippen molar-refractivity contribution in [2.45, 2.75) is 13.0 Å². The van der Waals surface area contributed by atoms with Crippen molar-refractivity contribution in [1.82, 2.24) is 0 Å². The summed E-state index contributed by atoms with van der Waals surface area (Å²) >= 11 is 0. The molecule has 22 heavy (non-hydrogen) atoms. The lowest BCUT2D eigenvalue weighted by molar-refractivity contribution is 0.129. The van der Waals surface area contributed by atoms with E-state index in [0.717, 1.165) is 16.9 Å². The van der Waals surface area contributed by atoms with Gasteiger partial charge < -0.3 is 14.6 Å². The number of fused-ring (bicyclic) bond motifs is 1. The van der Waals surface area contributed by atoms with Gasteiger partial charge in [0.05, 0.1) is 6.61 Å². The van der Waals surface area contributed by atoms with Crippen LogP contribution in [0.4, 0.5) is 0 Å². The molecule has 1 unspecified atom stereocenters. The number of aliphatic hydroxyl groups is 1. The molecule has 0 aromatic heterocycles. The lowest BCUT2D eigenvalue weighted by Gasteiger charge is -2.12. The fourth-order valence-corrected chi connectivity index (χ4v) is 2.22. The Morgan fingerprint density at radius 2 is 1.45 bits per heavy atom. The lowest BCUT2D eigenvalue weighted by atomic mass is 10.1. The van der Waals surface area contributed by atoms with Crippen molar-refractivity contribution < 1.29 is 14.6 Å². The van der Waals surface area contributed by atoms with Gasteiger partial charge in [0.25, 0.3) is 0 Å². The van der Waals surface area contributed by atoms with Crippen LogP contribution in [0.15, 0.2) is 66.7 Å². The minimum Gasteiger partial charge on any atom is -0.488 e. The quantitative estimate of drug-likeness (QED) is 0.758. The second-order valence-electron chi connectivity index (χ2n) is 5.19. The fourth-order valence-electron chi connectivity index (χ4n) is 2.22. The van der Waals surface area contributed by atoms with Gasteiger partial charge in [0.2, 0.25) is 0 Å². The molecule has 0 fully saturated rings. The van der Waals surface area contributed by atoms with Gasteiger partial charge in [-0.3, -0.25) is 0 Å². The van der Waals surface area contributed by atoms with Crippen molar-refractivity contribution >= 4 is 10.8 Å². The van der Waals surface area contributed by atoms with Gasteiger partial charge in [-0.25, -0.2) is 0 Å². The van der Waals surface area contributed by atoms with E-state index in [9.17, 15) is 0 Å². The smallest absolute Gasteiger partial charge is 0.128 e. The molecule has 0 saturated heterocycles. The summed E-state index contributed by atoms with van der Waals surface area (Å²) in [7, 11) is 0. The highest BCUT2D eigenvalue weighted by Crippen LogP contribution is 2.27. The summed E-state index contributed by atoms with van der Waals surface area (Å²) in [5.74, 6) is 2.27. The molecule has 0 heterocycles. The zero-order chi connectivity index (χ0) is 15.4. The normalized spacial score (nSPS) is 12.1. The zero-order valence-corrected chi connectivity index (χ0v) is 12.4. The van der Waals surface area contributed by atoms with Crippen LogP contribution < -0.4 is 9.47 Å². The molecule has 0 aliphatic heterocycles. The summed E-state index contributed by atoms with van der Waals surface area (Å²) in [5.41, 5.74) is 0. The Morgan fingerprint density at radius 3 is 2.18 bits per heavy atom. The molecule has 3 nitrogen and oxygen atoms in total. The van der Waals surface area contributed by atoms with E-state index in [4.69, 9.17) is 14.6 Å². The van der Waals surface area contributed by atoms with Crippen molar-refractivity contribution in [1.29, 1.82) is 0 Å². The first-order valence-electron chi connectivity index (χ1n) is 7.29. The van der Waals surface area contributed by atoms with Crippen molar-refractivity contribution in [2.24, 2.45) is 0 Å². The molecular weight excluding hydrogens is 276 g/mol. The molecule has 1 N–H and O–H groups in total. The third kappa shape index (κ3) is 3.38. The molecule has 3 aromatic rings. The van der Waals surface area contributed by atoms with Crippen molar-refractivity contribution in [3.8, 4) is 17.2 Å². The molecule has 3 heteroatoms. The van der Waals surface area contributed by atoms with Gasteiger partial charge in [0.15, 0.2) is 0 Å². The topological polar surface area (TPSA) is 38.7 Å². The van der Waals surface area contributed by atoms with E-state index in [-0.39, 0.29) is 12.7 Å². The molecule has 0 amide bonds. The van der Waals surface area contributed by atoms with Crippen LogP contribution in [0.25, 0.3) is 10.8 Å². The number of hydrogen-bond donors (Lipinski definition) is 1. The van der Waals surface area contributed by atoms with E-state index >= 15 is 0 Å². The van der Waals surface area contributed by atoms with E-state index in [0.29, 0.717) is 5.75 Å². The molecular formula is C19H18O3. The van der Waals surface area contributed by atoms with Crippen LogP contribution in [-0.2, 0) is 0 Å². The Hall–Kier alpha value is -2.52. The van der Waals surface area contributed by atoms with Gasteiger partial charge in [-0.15, -0.1) is 0 Å². The largest absolute Gasteiger partial charge is 0.488 e. The third-order valence-corrected chi connectivity index (χ3v) is 3.37. The summed E-state index contributed by atoms with van der Waals surface area (Å²) in [6.07, 6.45) is -0.216. The molecule has 3 rings (SSSR count). The number of aliphatic hydroxyl groups excluding tert-OH is 1. The maximum atomic E-state index is 8.98. The maximum Gasteiger partial charge on any atom is 0.128 e. The standard InChI is InChI=1S/C19H18O3/c1-14(13-20)21-17-8-10-18(11-9-17)22-19-7-6-15-4-2-3-5-16(15)12-19/h2-12,14,20H,13H2,1H3. The summed E-state index contributed by atoms with van der Waals surface area (Å²) in [6.45, 7) is 1.81. The van der Waals surface area contributed by atoms with Crippen molar-refractivity contribution in [3.63, 3.8) is 0 Å². The molecule has 0 radical (unpaired) electrons. The van der Waals surface area contributed by atoms with Gasteiger partial charge in [0, 0.05) is 0 Å². The summed E-state index contributed by atoms with van der Waals surface area (Å²) in [5, 5.41) is 11.3. The highest BCUT2D eigenvalue weighted by atomic mass is 16.5. The molecule has 0 aliphatic carbocycles. The van der Waals surface area contributed by atoms with Gasteiger partial charge in [-0.05, 0) is 54.1 Å². The summed E-state index contributed by atoms with van der Waals surface area (Å²) in [6, 6.07) is 21.6. The highest BCUT2D eigenvalue weighted by Gasteiger charge is 2.03. The first kappa shape index (κ1) is 14.4. The van der Waals surface area contributed by atoms with Gasteiger partial charge in [-0.1, -0.05) is 30.3 Å². The summed E-state index contributed by atoms with van der Waals surface area (Å²) < 4.78 is 11.4. The van der Waals surface area contributed by atoms with Crippen LogP contribution in [0.2, 0.25) is 0 Å². The second kappa shape index (κ2) is 6.50. The minimum atomic E-state index is -0.216. The molecule has 3 aromatic carbocycles. The zero-order valence-electron chi connectivity index (χ0n) is 12.4. The van der Waals surface area contributed by atoms with Gasteiger partial charge >= 0.3 is 0 Å². The van der Waals surface area contributed by atoms with Crippen LogP contribution in [-0.4, -0.2) is 17.8 Å². The van der Waals surface area contributed by atoms with E-state index < -0.39 is 0 Å². The first-order valence-corrected chi connectivity index (χ1v) is 7.29.